The van der Waals surface area contributed by atoms with Gasteiger partial charge in [0.25, 0.3) is 0 Å². The van der Waals surface area contributed by atoms with Crippen LogP contribution in [-0.4, -0.2) is 47.5 Å². The molecular weight excluding hydrogens is 403 g/mol. The molecule has 26 heavy (non-hydrogen) atoms. The molecule has 0 saturated carbocycles. The zero-order chi connectivity index (χ0) is 19.1. The third kappa shape index (κ3) is 4.87. The van der Waals surface area contributed by atoms with Crippen LogP contribution < -0.4 is 4.46 Å². The summed E-state index contributed by atoms with van der Waals surface area (Å²) >= 11 is -0.416. The van der Waals surface area contributed by atoms with Crippen molar-refractivity contribution in [2.75, 3.05) is 13.1 Å². The Balaban J connectivity index is 2.46. The van der Waals surface area contributed by atoms with Crippen LogP contribution in [0.2, 0.25) is 0 Å². The van der Waals surface area contributed by atoms with E-state index in [2.05, 4.69) is 4.99 Å². The predicted molar refractivity (Wildman–Crippen MR) is 102 cm³/mol. The Morgan fingerprint density at radius 2 is 1.73 bits per heavy atom. The van der Waals surface area contributed by atoms with Crippen LogP contribution in [0.15, 0.2) is 53.5 Å². The van der Waals surface area contributed by atoms with E-state index in [4.69, 9.17) is 0 Å². The first-order valence-corrected chi connectivity index (χ1v) is 9.67. The van der Waals surface area contributed by atoms with E-state index in [1.54, 1.807) is 30.3 Å². The topological polar surface area (TPSA) is 102 Å². The van der Waals surface area contributed by atoms with E-state index in [-0.39, 0.29) is 11.4 Å². The van der Waals surface area contributed by atoms with Crippen LogP contribution >= 0.6 is 0 Å². The van der Waals surface area contributed by atoms with Gasteiger partial charge in [-0.3, -0.25) is 0 Å². The molecule has 0 aliphatic rings. The van der Waals surface area contributed by atoms with Crippen LogP contribution in [0.5, 0.6) is 0 Å². The molecule has 9 heteroatoms. The van der Waals surface area contributed by atoms with Crippen LogP contribution in [0, 0.1) is 20.2 Å². The number of non-ortho nitro benzene ring substituents is 1. The molecule has 0 atom stereocenters. The van der Waals surface area contributed by atoms with Gasteiger partial charge in [0.2, 0.25) is 0 Å². The number of hydrogen-bond donors (Lipinski definition) is 0. The predicted octanol–water partition coefficient (Wildman–Crippen LogP) is 2.86. The molecule has 0 aromatic heterocycles. The molecule has 8 nitrogen and oxygen atoms in total. The summed E-state index contributed by atoms with van der Waals surface area (Å²) in [5.41, 5.74) is 0.483. The number of rotatable bonds is 7. The summed E-state index contributed by atoms with van der Waals surface area (Å²) in [7, 11) is 0. The SMILES string of the molecule is CCN(CC)C(=Nc1cccc([N+](=O)[O-])c1)[Se]c1ccccc1[N+](=O)[O-]. The molecule has 136 valence electrons. The molecule has 2 aromatic carbocycles. The monoisotopic (exact) mass is 422 g/mol. The van der Waals surface area contributed by atoms with Crippen molar-refractivity contribution in [3.05, 3.63) is 68.8 Å². The molecule has 0 fully saturated rings. The van der Waals surface area contributed by atoms with Gasteiger partial charge in [-0.1, -0.05) is 0 Å². The van der Waals surface area contributed by atoms with Crippen LogP contribution in [0.25, 0.3) is 0 Å². The van der Waals surface area contributed by atoms with Crippen molar-refractivity contribution in [2.24, 2.45) is 4.99 Å². The van der Waals surface area contributed by atoms with Crippen LogP contribution in [0.3, 0.4) is 0 Å². The van der Waals surface area contributed by atoms with Gasteiger partial charge < -0.3 is 0 Å². The van der Waals surface area contributed by atoms with E-state index in [1.165, 1.54) is 18.2 Å². The Labute approximate surface area is 157 Å². The van der Waals surface area contributed by atoms with Crippen molar-refractivity contribution >= 4 is 41.2 Å². The van der Waals surface area contributed by atoms with Gasteiger partial charge in [-0.25, -0.2) is 0 Å². The van der Waals surface area contributed by atoms with Crippen molar-refractivity contribution in [3.8, 4) is 0 Å². The van der Waals surface area contributed by atoms with Crippen LogP contribution in [0.4, 0.5) is 17.1 Å². The van der Waals surface area contributed by atoms with E-state index in [1.807, 2.05) is 18.7 Å². The molecule has 0 aliphatic carbocycles. The van der Waals surface area contributed by atoms with Gasteiger partial charge >= 0.3 is 157 Å². The summed E-state index contributed by atoms with van der Waals surface area (Å²) in [4.78, 5) is 28.0. The number of benzene rings is 2. The summed E-state index contributed by atoms with van der Waals surface area (Å²) in [6, 6.07) is 12.7. The summed E-state index contributed by atoms with van der Waals surface area (Å²) in [5, 5.41) is 22.2. The maximum absolute atomic E-state index is 11.3. The maximum atomic E-state index is 11.3. The van der Waals surface area contributed by atoms with Crippen LogP contribution in [-0.2, 0) is 0 Å². The second-order valence-electron chi connectivity index (χ2n) is 5.17. The summed E-state index contributed by atoms with van der Waals surface area (Å²) < 4.78 is 1.30. The van der Waals surface area contributed by atoms with Crippen molar-refractivity contribution in [1.29, 1.82) is 0 Å². The van der Waals surface area contributed by atoms with Crippen molar-refractivity contribution in [2.45, 2.75) is 13.8 Å². The molecule has 0 spiro atoms. The van der Waals surface area contributed by atoms with Crippen molar-refractivity contribution in [3.63, 3.8) is 0 Å². The number of nitro benzene ring substituents is 2. The Morgan fingerprint density at radius 1 is 1.04 bits per heavy atom. The first kappa shape index (κ1) is 19.6. The first-order valence-electron chi connectivity index (χ1n) is 7.95. The van der Waals surface area contributed by atoms with Gasteiger partial charge in [-0.2, -0.15) is 0 Å². The van der Waals surface area contributed by atoms with Gasteiger partial charge in [-0.15, -0.1) is 0 Å². The van der Waals surface area contributed by atoms with Gasteiger partial charge in [0.05, 0.1) is 0 Å². The molecule has 0 radical (unpaired) electrons. The minimum atomic E-state index is -0.469. The second-order valence-corrected chi connectivity index (χ2v) is 7.29. The van der Waals surface area contributed by atoms with E-state index < -0.39 is 24.8 Å². The number of nitro groups is 2. The third-order valence-corrected chi connectivity index (χ3v) is 5.86. The molecule has 0 heterocycles. The fourth-order valence-electron chi connectivity index (χ4n) is 2.23. The summed E-state index contributed by atoms with van der Waals surface area (Å²) in [6.45, 7) is 5.32. The number of aliphatic imine (C=N–C) groups is 1. The average Bonchev–Trinajstić information content (AvgIpc) is 2.63. The minimum absolute atomic E-state index is 0.0386. The van der Waals surface area contributed by atoms with Crippen molar-refractivity contribution in [1.82, 2.24) is 4.90 Å². The number of para-hydroxylation sites is 1. The molecule has 0 saturated heterocycles. The normalized spacial score (nSPS) is 11.2. The summed E-state index contributed by atoms with van der Waals surface area (Å²) in [5.74, 6) is 0. The zero-order valence-corrected chi connectivity index (χ0v) is 16.1. The van der Waals surface area contributed by atoms with Crippen LogP contribution in [0.1, 0.15) is 13.8 Å². The van der Waals surface area contributed by atoms with E-state index >= 15 is 0 Å². The Morgan fingerprint density at radius 3 is 2.35 bits per heavy atom. The Bertz CT molecular complexity index is 837. The molecule has 0 N–H and O–H groups in total. The molecular formula is C17H18N4O4Se. The number of nitrogens with zero attached hydrogens (tertiary/aromatic N) is 4. The van der Waals surface area contributed by atoms with Gasteiger partial charge in [0.1, 0.15) is 0 Å². The van der Waals surface area contributed by atoms with Gasteiger partial charge in [0.15, 0.2) is 0 Å². The van der Waals surface area contributed by atoms with E-state index in [0.717, 1.165) is 0 Å². The first-order chi connectivity index (χ1) is 12.5. The van der Waals surface area contributed by atoms with Gasteiger partial charge in [-0.05, 0) is 0 Å². The fraction of sp³-hybridized carbons (Fsp3) is 0.235. The van der Waals surface area contributed by atoms with E-state index in [0.29, 0.717) is 28.0 Å². The number of hydrogen-bond acceptors (Lipinski definition) is 5. The summed E-state index contributed by atoms with van der Waals surface area (Å²) in [6.07, 6.45) is 0. The zero-order valence-electron chi connectivity index (χ0n) is 14.4. The third-order valence-electron chi connectivity index (χ3n) is 3.56. The van der Waals surface area contributed by atoms with Gasteiger partial charge in [0, 0.05) is 0 Å². The fourth-order valence-corrected chi connectivity index (χ4v) is 4.60. The average molecular weight is 421 g/mol. The Kier molecular flexibility index (Phi) is 6.82. The molecule has 2 rings (SSSR count). The van der Waals surface area contributed by atoms with Crippen molar-refractivity contribution < 1.29 is 9.85 Å². The molecule has 0 unspecified atom stereocenters. The second kappa shape index (κ2) is 9.07. The quantitative estimate of drug-likeness (QED) is 0.225. The molecule has 0 bridgehead atoms. The number of amidine groups is 1. The van der Waals surface area contributed by atoms with E-state index in [9.17, 15) is 20.2 Å². The molecule has 2 aromatic rings. The standard InChI is InChI=1S/C17H18N4O4Se/c1-3-19(4-2)17(18-13-8-7-9-14(12-13)20(22)23)26-16-11-6-5-10-15(16)21(24)25/h5-12H,3-4H2,1-2H3. The Hall–Kier alpha value is -2.77. The molecule has 0 aliphatic heterocycles. The molecule has 0 amide bonds.